The standard InChI is InChI=1S/C16H18FN/c17-16(9-7-15(18)8-10-16)14-6-5-12-3-1-2-4-13(12)11-14/h1-6,11,15H,7-10,18H2. The lowest BCUT2D eigenvalue weighted by atomic mass is 9.79. The van der Waals surface area contributed by atoms with E-state index in [1.165, 1.54) is 0 Å². The van der Waals surface area contributed by atoms with Gasteiger partial charge in [0.2, 0.25) is 0 Å². The highest BCUT2D eigenvalue weighted by molar-refractivity contribution is 5.83. The highest BCUT2D eigenvalue weighted by atomic mass is 19.1. The number of benzene rings is 2. The zero-order chi connectivity index (χ0) is 12.6. The third kappa shape index (κ3) is 2.01. The van der Waals surface area contributed by atoms with E-state index >= 15 is 0 Å². The van der Waals surface area contributed by atoms with Crippen LogP contribution in [0.25, 0.3) is 10.8 Å². The average molecular weight is 243 g/mol. The van der Waals surface area contributed by atoms with Crippen LogP contribution < -0.4 is 5.73 Å². The van der Waals surface area contributed by atoms with Gasteiger partial charge in [0.25, 0.3) is 0 Å². The molecule has 1 aliphatic carbocycles. The molecule has 0 heterocycles. The zero-order valence-corrected chi connectivity index (χ0v) is 10.4. The van der Waals surface area contributed by atoms with Crippen molar-refractivity contribution in [3.63, 3.8) is 0 Å². The molecule has 1 fully saturated rings. The molecule has 0 aromatic heterocycles. The van der Waals surface area contributed by atoms with Crippen molar-refractivity contribution in [3.8, 4) is 0 Å². The fraction of sp³-hybridized carbons (Fsp3) is 0.375. The van der Waals surface area contributed by atoms with Crippen LogP contribution in [0.5, 0.6) is 0 Å². The maximum Gasteiger partial charge on any atom is 0.136 e. The smallest absolute Gasteiger partial charge is 0.136 e. The predicted octanol–water partition coefficient (Wildman–Crippen LogP) is 3.91. The average Bonchev–Trinajstić information content (AvgIpc) is 2.42. The first-order valence-electron chi connectivity index (χ1n) is 6.61. The van der Waals surface area contributed by atoms with Gasteiger partial charge in [-0.05, 0) is 48.1 Å². The van der Waals surface area contributed by atoms with Crippen molar-refractivity contribution in [2.24, 2.45) is 5.73 Å². The number of rotatable bonds is 1. The van der Waals surface area contributed by atoms with Crippen molar-refractivity contribution < 1.29 is 4.39 Å². The van der Waals surface area contributed by atoms with Gasteiger partial charge in [0.05, 0.1) is 0 Å². The largest absolute Gasteiger partial charge is 0.328 e. The molecule has 0 aliphatic heterocycles. The minimum absolute atomic E-state index is 0.175. The Morgan fingerprint density at radius 3 is 2.39 bits per heavy atom. The summed E-state index contributed by atoms with van der Waals surface area (Å²) in [6, 6.07) is 14.2. The maximum atomic E-state index is 15.0. The Balaban J connectivity index is 1.98. The van der Waals surface area contributed by atoms with Crippen LogP contribution in [0.2, 0.25) is 0 Å². The number of alkyl halides is 1. The summed E-state index contributed by atoms with van der Waals surface area (Å²) in [5.74, 6) is 0. The van der Waals surface area contributed by atoms with Gasteiger partial charge in [-0.2, -0.15) is 0 Å². The van der Waals surface area contributed by atoms with Gasteiger partial charge in [-0.25, -0.2) is 4.39 Å². The Morgan fingerprint density at radius 1 is 1.00 bits per heavy atom. The van der Waals surface area contributed by atoms with Crippen LogP contribution in [0.1, 0.15) is 31.2 Å². The summed E-state index contributed by atoms with van der Waals surface area (Å²) in [6.07, 6.45) is 2.66. The molecule has 18 heavy (non-hydrogen) atoms. The highest BCUT2D eigenvalue weighted by Gasteiger charge is 2.35. The van der Waals surface area contributed by atoms with Gasteiger partial charge in [0, 0.05) is 6.04 Å². The summed E-state index contributed by atoms with van der Waals surface area (Å²) in [5.41, 5.74) is 5.49. The third-order valence-electron chi connectivity index (χ3n) is 4.09. The molecule has 0 radical (unpaired) electrons. The lowest BCUT2D eigenvalue weighted by Gasteiger charge is -2.33. The van der Waals surface area contributed by atoms with Crippen molar-refractivity contribution in [2.75, 3.05) is 0 Å². The topological polar surface area (TPSA) is 26.0 Å². The summed E-state index contributed by atoms with van der Waals surface area (Å²) in [7, 11) is 0. The first kappa shape index (κ1) is 11.7. The van der Waals surface area contributed by atoms with E-state index in [0.29, 0.717) is 12.8 Å². The molecule has 0 spiro atoms. The Kier molecular flexibility index (Phi) is 2.83. The van der Waals surface area contributed by atoms with Gasteiger partial charge in [0.15, 0.2) is 0 Å². The zero-order valence-electron chi connectivity index (χ0n) is 10.4. The molecular weight excluding hydrogens is 225 g/mol. The normalized spacial score (nSPS) is 28.4. The first-order chi connectivity index (χ1) is 8.67. The summed E-state index contributed by atoms with van der Waals surface area (Å²) in [6.45, 7) is 0. The van der Waals surface area contributed by atoms with Gasteiger partial charge in [-0.1, -0.05) is 36.4 Å². The van der Waals surface area contributed by atoms with E-state index in [1.807, 2.05) is 36.4 Å². The van der Waals surface area contributed by atoms with Gasteiger partial charge in [-0.15, -0.1) is 0 Å². The minimum atomic E-state index is -1.18. The molecule has 94 valence electrons. The van der Waals surface area contributed by atoms with Crippen molar-refractivity contribution in [2.45, 2.75) is 37.4 Å². The summed E-state index contributed by atoms with van der Waals surface area (Å²) in [4.78, 5) is 0. The number of fused-ring (bicyclic) bond motifs is 1. The van der Waals surface area contributed by atoms with E-state index in [9.17, 15) is 4.39 Å². The van der Waals surface area contributed by atoms with E-state index < -0.39 is 5.67 Å². The fourth-order valence-electron chi connectivity index (χ4n) is 2.85. The van der Waals surface area contributed by atoms with E-state index in [0.717, 1.165) is 29.2 Å². The Labute approximate surface area is 107 Å². The molecule has 2 heteroatoms. The summed E-state index contributed by atoms with van der Waals surface area (Å²) < 4.78 is 15.0. The number of halogens is 1. The molecule has 2 aromatic carbocycles. The molecule has 1 nitrogen and oxygen atoms in total. The molecule has 2 N–H and O–H groups in total. The number of hydrogen-bond acceptors (Lipinski definition) is 1. The Bertz CT molecular complexity index is 556. The van der Waals surface area contributed by atoms with Gasteiger partial charge >= 0.3 is 0 Å². The van der Waals surface area contributed by atoms with E-state index in [-0.39, 0.29) is 6.04 Å². The van der Waals surface area contributed by atoms with Crippen LogP contribution in [0.4, 0.5) is 4.39 Å². The molecule has 3 rings (SSSR count). The summed E-state index contributed by atoms with van der Waals surface area (Å²) >= 11 is 0. The van der Waals surface area contributed by atoms with E-state index in [4.69, 9.17) is 5.73 Å². The second kappa shape index (κ2) is 4.36. The van der Waals surface area contributed by atoms with Crippen LogP contribution in [0.3, 0.4) is 0 Å². The van der Waals surface area contributed by atoms with Crippen molar-refractivity contribution in [1.29, 1.82) is 0 Å². The summed E-state index contributed by atoms with van der Waals surface area (Å²) in [5, 5.41) is 2.28. The number of nitrogens with two attached hydrogens (primary N) is 1. The molecule has 1 aliphatic rings. The second-order valence-electron chi connectivity index (χ2n) is 5.36. The van der Waals surface area contributed by atoms with Crippen molar-refractivity contribution >= 4 is 10.8 Å². The molecule has 0 saturated heterocycles. The lowest BCUT2D eigenvalue weighted by Crippen LogP contribution is -2.33. The SMILES string of the molecule is NC1CCC(F)(c2ccc3ccccc3c2)CC1. The molecule has 2 aromatic rings. The predicted molar refractivity (Wildman–Crippen MR) is 73.2 cm³/mol. The van der Waals surface area contributed by atoms with Crippen molar-refractivity contribution in [3.05, 3.63) is 48.0 Å². The van der Waals surface area contributed by atoms with Crippen LogP contribution in [-0.4, -0.2) is 6.04 Å². The molecule has 0 atom stereocenters. The van der Waals surface area contributed by atoms with Crippen LogP contribution >= 0.6 is 0 Å². The van der Waals surface area contributed by atoms with Crippen LogP contribution in [0.15, 0.2) is 42.5 Å². The number of hydrogen-bond donors (Lipinski definition) is 1. The fourth-order valence-corrected chi connectivity index (χ4v) is 2.85. The van der Waals surface area contributed by atoms with Crippen LogP contribution in [0, 0.1) is 0 Å². The molecule has 1 saturated carbocycles. The van der Waals surface area contributed by atoms with Crippen molar-refractivity contribution in [1.82, 2.24) is 0 Å². The third-order valence-corrected chi connectivity index (χ3v) is 4.09. The highest BCUT2D eigenvalue weighted by Crippen LogP contribution is 2.41. The Morgan fingerprint density at radius 2 is 1.67 bits per heavy atom. The van der Waals surface area contributed by atoms with Gasteiger partial charge < -0.3 is 5.73 Å². The van der Waals surface area contributed by atoms with E-state index in [1.54, 1.807) is 0 Å². The van der Waals surface area contributed by atoms with Gasteiger partial charge in [0.1, 0.15) is 5.67 Å². The molecule has 0 bridgehead atoms. The molecular formula is C16H18FN. The lowest BCUT2D eigenvalue weighted by molar-refractivity contribution is 0.0981. The minimum Gasteiger partial charge on any atom is -0.328 e. The quantitative estimate of drug-likeness (QED) is 0.807. The van der Waals surface area contributed by atoms with Gasteiger partial charge in [-0.3, -0.25) is 0 Å². The Hall–Kier alpha value is -1.41. The molecule has 0 unspecified atom stereocenters. The molecule has 0 amide bonds. The first-order valence-corrected chi connectivity index (χ1v) is 6.61. The van der Waals surface area contributed by atoms with Crippen LogP contribution in [-0.2, 0) is 5.67 Å². The maximum absolute atomic E-state index is 15.0. The van der Waals surface area contributed by atoms with E-state index in [2.05, 4.69) is 6.07 Å². The second-order valence-corrected chi connectivity index (χ2v) is 5.36. The monoisotopic (exact) mass is 243 g/mol.